The summed E-state index contributed by atoms with van der Waals surface area (Å²) in [7, 11) is 1.85. The summed E-state index contributed by atoms with van der Waals surface area (Å²) in [6, 6.07) is 9.23. The Balaban J connectivity index is 2.72. The molecular weight excluding hydrogens is 426 g/mol. The van der Waals surface area contributed by atoms with E-state index in [2.05, 4.69) is 0 Å². The van der Waals surface area contributed by atoms with Crippen LogP contribution in [0.4, 0.5) is 0 Å². The van der Waals surface area contributed by atoms with Crippen molar-refractivity contribution in [3.8, 4) is 0 Å². The normalized spacial score (nSPS) is 15.4. The molecule has 0 aliphatic heterocycles. The highest BCUT2D eigenvalue weighted by molar-refractivity contribution is 5.80. The first-order chi connectivity index (χ1) is 15.3. The number of carbonyl (C=O) groups is 3. The molecule has 0 aromatic heterocycles. The third kappa shape index (κ3) is 9.52. The Morgan fingerprint density at radius 2 is 1.70 bits per heavy atom. The fourth-order valence-corrected chi connectivity index (χ4v) is 3.82. The van der Waals surface area contributed by atoms with Gasteiger partial charge in [0.1, 0.15) is 19.3 Å². The second-order valence-electron chi connectivity index (χ2n) is 9.73. The van der Waals surface area contributed by atoms with E-state index in [4.69, 9.17) is 9.47 Å². The number of hydrogen-bond acceptors (Lipinski definition) is 7. The van der Waals surface area contributed by atoms with Gasteiger partial charge >= 0.3 is 17.9 Å². The molecule has 1 rings (SSSR count). The number of likely N-dealkylation sites (N-methyl/N-ethyl adjacent to an activating group) is 1. The number of aliphatic carboxylic acids is 1. The molecule has 0 aliphatic rings. The lowest BCUT2D eigenvalue weighted by atomic mass is 9.70. The van der Waals surface area contributed by atoms with Crippen molar-refractivity contribution in [2.45, 2.75) is 60.2 Å². The Kier molecular flexibility index (Phi) is 11.0. The maximum Gasteiger partial charge on any atom is 0.311 e. The topological polar surface area (TPSA) is 113 Å². The van der Waals surface area contributed by atoms with Crippen LogP contribution in [-0.2, 0) is 30.5 Å². The monoisotopic (exact) mass is 465 g/mol. The number of carboxylic acids is 1. The minimum absolute atomic E-state index is 0.00943. The number of aliphatic hydroxyl groups excluding tert-OH is 1. The van der Waals surface area contributed by atoms with Crippen molar-refractivity contribution >= 4 is 17.9 Å². The zero-order valence-corrected chi connectivity index (χ0v) is 20.7. The van der Waals surface area contributed by atoms with E-state index in [1.807, 2.05) is 49.2 Å². The Morgan fingerprint density at radius 1 is 1.09 bits per heavy atom. The van der Waals surface area contributed by atoms with Crippen molar-refractivity contribution in [1.82, 2.24) is 4.90 Å². The van der Waals surface area contributed by atoms with Gasteiger partial charge in [-0.3, -0.25) is 14.4 Å². The van der Waals surface area contributed by atoms with Gasteiger partial charge in [-0.05, 0) is 52.8 Å². The molecule has 0 spiro atoms. The van der Waals surface area contributed by atoms with E-state index >= 15 is 0 Å². The van der Waals surface area contributed by atoms with E-state index < -0.39 is 40.8 Å². The SMILES string of the molecule is CCN(C)CC(O)COC(=O)C(C)CC(C)(CC(C)(C)C(=O)OCc1ccccc1)C(=O)O. The van der Waals surface area contributed by atoms with E-state index in [0.717, 1.165) is 12.1 Å². The number of hydrogen-bond donors (Lipinski definition) is 2. The molecule has 3 unspecified atom stereocenters. The van der Waals surface area contributed by atoms with Crippen LogP contribution in [0.25, 0.3) is 0 Å². The number of esters is 2. The minimum Gasteiger partial charge on any atom is -0.481 e. The van der Waals surface area contributed by atoms with Crippen LogP contribution < -0.4 is 0 Å². The number of nitrogens with zero attached hydrogens (tertiary/aromatic N) is 1. The predicted molar refractivity (Wildman–Crippen MR) is 124 cm³/mol. The number of rotatable bonds is 14. The standard InChI is InChI=1S/C25H39NO7/c1-7-26(6)14-20(27)16-32-21(28)18(2)13-25(5,22(29)30)17-24(3,4)23(31)33-15-19-11-9-8-10-12-19/h8-12,18,20,27H,7,13-17H2,1-6H3,(H,29,30). The average molecular weight is 466 g/mol. The fraction of sp³-hybridized carbons (Fsp3) is 0.640. The maximum absolute atomic E-state index is 12.7. The third-order valence-corrected chi connectivity index (χ3v) is 5.75. The summed E-state index contributed by atoms with van der Waals surface area (Å²) in [6.07, 6.45) is -0.846. The molecule has 3 atom stereocenters. The summed E-state index contributed by atoms with van der Waals surface area (Å²) >= 11 is 0. The summed E-state index contributed by atoms with van der Waals surface area (Å²) in [5, 5.41) is 19.9. The smallest absolute Gasteiger partial charge is 0.311 e. The molecule has 2 N–H and O–H groups in total. The molecule has 0 aliphatic carbocycles. The molecule has 1 aromatic carbocycles. The molecular formula is C25H39NO7. The summed E-state index contributed by atoms with van der Waals surface area (Å²) in [5.74, 6) is -2.91. The van der Waals surface area contributed by atoms with Gasteiger partial charge in [0.25, 0.3) is 0 Å². The molecule has 0 saturated carbocycles. The molecule has 33 heavy (non-hydrogen) atoms. The van der Waals surface area contributed by atoms with Crippen molar-refractivity contribution in [2.24, 2.45) is 16.7 Å². The van der Waals surface area contributed by atoms with E-state index in [0.29, 0.717) is 6.54 Å². The Bertz CT molecular complexity index is 780. The molecule has 8 heteroatoms. The van der Waals surface area contributed by atoms with Crippen LogP contribution in [0.2, 0.25) is 0 Å². The quantitative estimate of drug-likeness (QED) is 0.403. The summed E-state index contributed by atoms with van der Waals surface area (Å²) in [4.78, 5) is 39.2. The second kappa shape index (κ2) is 12.7. The maximum atomic E-state index is 12.7. The van der Waals surface area contributed by atoms with Crippen molar-refractivity contribution in [3.05, 3.63) is 35.9 Å². The first kappa shape index (κ1) is 28.6. The van der Waals surface area contributed by atoms with Gasteiger partial charge in [0, 0.05) is 6.54 Å². The van der Waals surface area contributed by atoms with Gasteiger partial charge in [0.15, 0.2) is 0 Å². The molecule has 8 nitrogen and oxygen atoms in total. The Labute approximate surface area is 196 Å². The third-order valence-electron chi connectivity index (χ3n) is 5.75. The van der Waals surface area contributed by atoms with E-state index in [1.165, 1.54) is 6.92 Å². The number of carboxylic acid groups (broad SMARTS) is 1. The predicted octanol–water partition coefficient (Wildman–Crippen LogP) is 3.12. The highest BCUT2D eigenvalue weighted by Gasteiger charge is 2.44. The molecule has 1 aromatic rings. The largest absolute Gasteiger partial charge is 0.481 e. The fourth-order valence-electron chi connectivity index (χ4n) is 3.82. The van der Waals surface area contributed by atoms with Crippen LogP contribution in [0.3, 0.4) is 0 Å². The average Bonchev–Trinajstić information content (AvgIpc) is 2.75. The van der Waals surface area contributed by atoms with Gasteiger partial charge in [-0.25, -0.2) is 0 Å². The first-order valence-corrected chi connectivity index (χ1v) is 11.3. The molecule has 0 fully saturated rings. The number of aliphatic hydroxyl groups is 1. The lowest BCUT2D eigenvalue weighted by Crippen LogP contribution is -2.40. The number of carbonyl (C=O) groups excluding carboxylic acids is 2. The molecule has 186 valence electrons. The lowest BCUT2D eigenvalue weighted by molar-refractivity contribution is -0.162. The minimum atomic E-state index is -1.35. The van der Waals surface area contributed by atoms with Crippen LogP contribution in [0.5, 0.6) is 0 Å². The van der Waals surface area contributed by atoms with E-state index in [9.17, 15) is 24.6 Å². The van der Waals surface area contributed by atoms with Crippen LogP contribution in [0.15, 0.2) is 30.3 Å². The lowest BCUT2D eigenvalue weighted by Gasteiger charge is -2.34. The Morgan fingerprint density at radius 3 is 2.24 bits per heavy atom. The molecule has 0 saturated heterocycles. The van der Waals surface area contributed by atoms with Crippen molar-refractivity contribution in [2.75, 3.05) is 26.7 Å². The second-order valence-corrected chi connectivity index (χ2v) is 9.73. The highest BCUT2D eigenvalue weighted by Crippen LogP contribution is 2.40. The molecule has 0 radical (unpaired) electrons. The first-order valence-electron chi connectivity index (χ1n) is 11.3. The summed E-state index contributed by atoms with van der Waals surface area (Å²) in [5.41, 5.74) is -1.59. The Hall–Kier alpha value is -2.45. The molecule has 0 bridgehead atoms. The molecule has 0 heterocycles. The van der Waals surface area contributed by atoms with Crippen LogP contribution in [0, 0.1) is 16.7 Å². The number of ether oxygens (including phenoxy) is 2. The van der Waals surface area contributed by atoms with Crippen LogP contribution in [0.1, 0.15) is 53.0 Å². The van der Waals surface area contributed by atoms with Gasteiger partial charge in [-0.1, -0.05) is 44.2 Å². The van der Waals surface area contributed by atoms with E-state index in [-0.39, 0.29) is 26.1 Å². The summed E-state index contributed by atoms with van der Waals surface area (Å²) in [6.45, 7) is 9.42. The van der Waals surface area contributed by atoms with Gasteiger partial charge in [0.2, 0.25) is 0 Å². The summed E-state index contributed by atoms with van der Waals surface area (Å²) < 4.78 is 10.6. The highest BCUT2D eigenvalue weighted by atomic mass is 16.5. The zero-order valence-electron chi connectivity index (χ0n) is 20.7. The van der Waals surface area contributed by atoms with Crippen molar-refractivity contribution < 1.29 is 34.1 Å². The van der Waals surface area contributed by atoms with Gasteiger partial charge < -0.3 is 24.6 Å². The molecule has 0 amide bonds. The van der Waals surface area contributed by atoms with Crippen LogP contribution >= 0.6 is 0 Å². The van der Waals surface area contributed by atoms with Gasteiger partial charge in [-0.15, -0.1) is 0 Å². The van der Waals surface area contributed by atoms with Crippen LogP contribution in [-0.4, -0.2) is 65.9 Å². The van der Waals surface area contributed by atoms with Gasteiger partial charge in [-0.2, -0.15) is 0 Å². The van der Waals surface area contributed by atoms with Crippen molar-refractivity contribution in [3.63, 3.8) is 0 Å². The van der Waals surface area contributed by atoms with Crippen molar-refractivity contribution in [1.29, 1.82) is 0 Å². The van der Waals surface area contributed by atoms with E-state index in [1.54, 1.807) is 20.8 Å². The zero-order chi connectivity index (χ0) is 25.2. The van der Waals surface area contributed by atoms with Gasteiger partial charge in [0.05, 0.1) is 16.7 Å². The number of benzene rings is 1.